The number of rotatable bonds is 4. The first-order valence-electron chi connectivity index (χ1n) is 6.07. The highest BCUT2D eigenvalue weighted by molar-refractivity contribution is 6.74. The van der Waals surface area contributed by atoms with Crippen molar-refractivity contribution in [2.24, 2.45) is 0 Å². The number of nitrogens with one attached hydrogen (secondary N) is 1. The van der Waals surface area contributed by atoms with Crippen LogP contribution in [0.4, 0.5) is 0 Å². The van der Waals surface area contributed by atoms with Crippen LogP contribution in [0.3, 0.4) is 0 Å². The summed E-state index contributed by atoms with van der Waals surface area (Å²) in [6, 6.07) is 1.53. The van der Waals surface area contributed by atoms with Crippen LogP contribution < -0.4 is 10.3 Å². The Bertz CT molecular complexity index is 460. The lowest BCUT2D eigenvalue weighted by Gasteiger charge is -2.36. The number of aromatic amines is 1. The third kappa shape index (κ3) is 3.46. The molecule has 1 aromatic heterocycles. The summed E-state index contributed by atoms with van der Waals surface area (Å²) in [5, 5.41) is 0.154. The highest BCUT2D eigenvalue weighted by Gasteiger charge is 2.37. The second-order valence-corrected chi connectivity index (χ2v) is 10.7. The molecule has 0 aliphatic carbocycles. The second-order valence-electron chi connectivity index (χ2n) is 5.94. The van der Waals surface area contributed by atoms with Crippen LogP contribution in [0.25, 0.3) is 0 Å². The van der Waals surface area contributed by atoms with Gasteiger partial charge in [0.15, 0.2) is 8.32 Å². The van der Waals surface area contributed by atoms with E-state index in [2.05, 4.69) is 38.8 Å². The molecule has 1 heterocycles. The number of pyridine rings is 1. The van der Waals surface area contributed by atoms with Crippen LogP contribution in [0, 0.1) is 0 Å². The molecule has 102 valence electrons. The average molecular weight is 269 g/mol. The van der Waals surface area contributed by atoms with Crippen LogP contribution in [-0.2, 0) is 11.0 Å². The van der Waals surface area contributed by atoms with Crippen molar-refractivity contribution in [1.82, 2.24) is 4.98 Å². The summed E-state index contributed by atoms with van der Waals surface area (Å²) < 4.78 is 11.3. The van der Waals surface area contributed by atoms with Gasteiger partial charge in [0, 0.05) is 17.8 Å². The van der Waals surface area contributed by atoms with Gasteiger partial charge in [-0.1, -0.05) is 20.8 Å². The monoisotopic (exact) mass is 269 g/mol. The molecule has 4 nitrogen and oxygen atoms in total. The molecule has 0 fully saturated rings. The summed E-state index contributed by atoms with van der Waals surface area (Å²) in [5.74, 6) is 0.660. The van der Waals surface area contributed by atoms with Crippen LogP contribution in [-0.4, -0.2) is 20.4 Å². The molecule has 0 unspecified atom stereocenters. The number of aromatic nitrogens is 1. The Morgan fingerprint density at radius 2 is 1.94 bits per heavy atom. The molecule has 0 aromatic carbocycles. The minimum Gasteiger partial charge on any atom is -0.495 e. The van der Waals surface area contributed by atoms with Crippen LogP contribution in [0.5, 0.6) is 5.75 Å². The van der Waals surface area contributed by atoms with Crippen molar-refractivity contribution in [3.8, 4) is 5.75 Å². The van der Waals surface area contributed by atoms with E-state index in [4.69, 9.17) is 9.16 Å². The third-order valence-electron chi connectivity index (χ3n) is 3.58. The smallest absolute Gasteiger partial charge is 0.248 e. The third-order valence-corrected chi connectivity index (χ3v) is 8.06. The van der Waals surface area contributed by atoms with Crippen LogP contribution in [0.1, 0.15) is 26.3 Å². The molecule has 1 rings (SSSR count). The maximum absolute atomic E-state index is 11.3. The van der Waals surface area contributed by atoms with Crippen LogP contribution >= 0.6 is 0 Å². The van der Waals surface area contributed by atoms with E-state index in [1.54, 1.807) is 13.3 Å². The number of ether oxygens (including phenoxy) is 1. The van der Waals surface area contributed by atoms with Gasteiger partial charge in [0.05, 0.1) is 13.7 Å². The van der Waals surface area contributed by atoms with Gasteiger partial charge in [-0.25, -0.2) is 0 Å². The molecule has 5 heteroatoms. The van der Waals surface area contributed by atoms with Crippen LogP contribution in [0.2, 0.25) is 18.1 Å². The van der Waals surface area contributed by atoms with Gasteiger partial charge < -0.3 is 14.1 Å². The average Bonchev–Trinajstić information content (AvgIpc) is 2.25. The predicted octanol–water partition coefficient (Wildman–Crippen LogP) is 2.91. The number of H-pyrrole nitrogens is 1. The van der Waals surface area contributed by atoms with E-state index in [9.17, 15) is 4.79 Å². The van der Waals surface area contributed by atoms with Gasteiger partial charge in [-0.15, -0.1) is 0 Å². The molecule has 1 N–H and O–H groups in total. The second kappa shape index (κ2) is 5.28. The molecule has 0 amide bonds. The lowest BCUT2D eigenvalue weighted by molar-refractivity contribution is 0.269. The lowest BCUT2D eigenvalue weighted by atomic mass is 10.2. The molecule has 0 bridgehead atoms. The minimum atomic E-state index is -1.81. The Labute approximate surface area is 109 Å². The van der Waals surface area contributed by atoms with E-state index in [-0.39, 0.29) is 10.6 Å². The van der Waals surface area contributed by atoms with Gasteiger partial charge >= 0.3 is 0 Å². The SMILES string of the molecule is COc1c[nH]c(=O)cc1CO[Si](C)(C)C(C)(C)C. The fourth-order valence-electron chi connectivity index (χ4n) is 1.28. The molecular formula is C13H23NO3Si. The highest BCUT2D eigenvalue weighted by atomic mass is 28.4. The number of hydrogen-bond donors (Lipinski definition) is 1. The van der Waals surface area contributed by atoms with Gasteiger partial charge in [-0.3, -0.25) is 4.79 Å². The first kappa shape index (κ1) is 15.0. The number of methoxy groups -OCH3 is 1. The zero-order valence-corrected chi connectivity index (χ0v) is 13.1. The molecule has 0 saturated heterocycles. The summed E-state index contributed by atoms with van der Waals surface area (Å²) in [6.07, 6.45) is 1.58. The van der Waals surface area contributed by atoms with Gasteiger partial charge in [-0.05, 0) is 18.1 Å². The standard InChI is InChI=1S/C13H23NO3Si/c1-13(2,3)18(5,6)17-9-10-7-12(15)14-8-11(10)16-4/h7-8H,9H2,1-6H3,(H,14,15). The van der Waals surface area contributed by atoms with Crippen molar-refractivity contribution in [3.05, 3.63) is 28.2 Å². The molecule has 1 aromatic rings. The Hall–Kier alpha value is -1.07. The molecule has 18 heavy (non-hydrogen) atoms. The van der Waals surface area contributed by atoms with E-state index in [1.807, 2.05) is 0 Å². The molecule has 0 atom stereocenters. The maximum Gasteiger partial charge on any atom is 0.248 e. The molecule has 0 radical (unpaired) electrons. The van der Waals surface area contributed by atoms with Crippen molar-refractivity contribution in [1.29, 1.82) is 0 Å². The summed E-state index contributed by atoms with van der Waals surface area (Å²) in [6.45, 7) is 11.4. The zero-order chi connectivity index (χ0) is 14.0. The quantitative estimate of drug-likeness (QED) is 0.855. The van der Waals surface area contributed by atoms with Gasteiger partial charge in [0.2, 0.25) is 5.56 Å². The summed E-state index contributed by atoms with van der Waals surface area (Å²) in [7, 11) is -0.222. The maximum atomic E-state index is 11.3. The van der Waals surface area contributed by atoms with Crippen molar-refractivity contribution >= 4 is 8.32 Å². The van der Waals surface area contributed by atoms with Crippen molar-refractivity contribution in [2.75, 3.05) is 7.11 Å². The lowest BCUT2D eigenvalue weighted by Crippen LogP contribution is -2.40. The fourth-order valence-corrected chi connectivity index (χ4v) is 2.23. The first-order valence-corrected chi connectivity index (χ1v) is 8.98. The topological polar surface area (TPSA) is 51.3 Å². The van der Waals surface area contributed by atoms with Gasteiger partial charge in [0.1, 0.15) is 5.75 Å². The number of hydrogen-bond acceptors (Lipinski definition) is 3. The molecule has 0 spiro atoms. The molecule has 0 aliphatic heterocycles. The normalized spacial score (nSPS) is 12.6. The largest absolute Gasteiger partial charge is 0.495 e. The van der Waals surface area contributed by atoms with E-state index in [0.717, 1.165) is 5.56 Å². The fraction of sp³-hybridized carbons (Fsp3) is 0.615. The van der Waals surface area contributed by atoms with Gasteiger partial charge in [-0.2, -0.15) is 0 Å². The zero-order valence-electron chi connectivity index (χ0n) is 12.1. The Kier molecular flexibility index (Phi) is 4.40. The Morgan fingerprint density at radius 1 is 1.33 bits per heavy atom. The van der Waals surface area contributed by atoms with Crippen molar-refractivity contribution in [3.63, 3.8) is 0 Å². The Balaban J connectivity index is 2.87. The van der Waals surface area contributed by atoms with E-state index in [1.165, 1.54) is 6.07 Å². The van der Waals surface area contributed by atoms with E-state index >= 15 is 0 Å². The molecule has 0 saturated carbocycles. The van der Waals surface area contributed by atoms with E-state index < -0.39 is 8.32 Å². The summed E-state index contributed by atoms with van der Waals surface area (Å²) in [5.41, 5.74) is 0.663. The molecular weight excluding hydrogens is 246 g/mol. The van der Waals surface area contributed by atoms with E-state index in [0.29, 0.717) is 12.4 Å². The highest BCUT2D eigenvalue weighted by Crippen LogP contribution is 2.37. The Morgan fingerprint density at radius 3 is 2.44 bits per heavy atom. The minimum absolute atomic E-state index is 0.135. The van der Waals surface area contributed by atoms with Crippen LogP contribution in [0.15, 0.2) is 17.1 Å². The van der Waals surface area contributed by atoms with Gasteiger partial charge in [0.25, 0.3) is 0 Å². The predicted molar refractivity (Wildman–Crippen MR) is 75.6 cm³/mol. The molecule has 0 aliphatic rings. The van der Waals surface area contributed by atoms with Crippen molar-refractivity contribution < 1.29 is 9.16 Å². The summed E-state index contributed by atoms with van der Waals surface area (Å²) in [4.78, 5) is 13.9. The van der Waals surface area contributed by atoms with Crippen molar-refractivity contribution in [2.45, 2.75) is 45.5 Å². The first-order chi connectivity index (χ1) is 8.17. The summed E-state index contributed by atoms with van der Waals surface area (Å²) >= 11 is 0.